The summed E-state index contributed by atoms with van der Waals surface area (Å²) in [5.41, 5.74) is 10.9. The molecule has 0 radical (unpaired) electrons. The second-order valence-electron chi connectivity index (χ2n) is 6.52. The molecule has 154 valence electrons. The van der Waals surface area contributed by atoms with E-state index >= 15 is 0 Å². The van der Waals surface area contributed by atoms with Crippen molar-refractivity contribution in [2.75, 3.05) is 13.7 Å². The molecule has 0 spiro atoms. The molecule has 1 heterocycles. The van der Waals surface area contributed by atoms with E-state index in [-0.39, 0.29) is 6.61 Å². The molecular formula is C20H21Cl2N3O4. The average Bonchev–Trinajstić information content (AvgIpc) is 3.06. The van der Waals surface area contributed by atoms with E-state index in [0.717, 1.165) is 11.1 Å². The molecule has 0 saturated carbocycles. The van der Waals surface area contributed by atoms with Crippen LogP contribution in [0.1, 0.15) is 11.1 Å². The molecule has 29 heavy (non-hydrogen) atoms. The van der Waals surface area contributed by atoms with Crippen LogP contribution < -0.4 is 0 Å². The zero-order valence-corrected chi connectivity index (χ0v) is 17.3. The monoisotopic (exact) mass is 437 g/mol. The smallest absolute Gasteiger partial charge is 0.168 e. The van der Waals surface area contributed by atoms with Gasteiger partial charge < -0.3 is 18.9 Å². The molecule has 3 rings (SSSR count). The van der Waals surface area contributed by atoms with E-state index in [2.05, 4.69) is 10.0 Å². The molecule has 1 saturated heterocycles. The summed E-state index contributed by atoms with van der Waals surface area (Å²) < 4.78 is 23.1. The van der Waals surface area contributed by atoms with Crippen LogP contribution in [0.25, 0.3) is 10.4 Å². The predicted molar refractivity (Wildman–Crippen MR) is 110 cm³/mol. The van der Waals surface area contributed by atoms with Gasteiger partial charge in [0, 0.05) is 22.1 Å². The van der Waals surface area contributed by atoms with E-state index in [4.69, 9.17) is 47.7 Å². The summed E-state index contributed by atoms with van der Waals surface area (Å²) in [5, 5.41) is 5.14. The van der Waals surface area contributed by atoms with Crippen LogP contribution in [-0.4, -0.2) is 38.3 Å². The van der Waals surface area contributed by atoms with Crippen LogP contribution >= 0.6 is 23.2 Å². The standard InChI is InChI=1S/C20H21Cl2N3O4/c1-26-20-18(24-25-23)19(28-11-14-4-8-16(22)9-5-14)17(29-20)12-27-10-13-2-6-15(21)7-3-13/h2-9,17-20H,10-12H2,1H3/t17-,18+,19+,20+/m0/s1. The van der Waals surface area contributed by atoms with E-state index in [0.29, 0.717) is 23.3 Å². The van der Waals surface area contributed by atoms with Crippen molar-refractivity contribution >= 4 is 23.2 Å². The van der Waals surface area contributed by atoms with Crippen LogP contribution in [0.5, 0.6) is 0 Å². The van der Waals surface area contributed by atoms with Crippen LogP contribution in [0.3, 0.4) is 0 Å². The number of halogens is 2. The molecule has 1 aliphatic rings. The van der Waals surface area contributed by atoms with Gasteiger partial charge in [-0.05, 0) is 40.9 Å². The van der Waals surface area contributed by atoms with E-state index < -0.39 is 24.5 Å². The van der Waals surface area contributed by atoms with Crippen LogP contribution in [0.4, 0.5) is 0 Å². The van der Waals surface area contributed by atoms with Crippen molar-refractivity contribution in [3.05, 3.63) is 80.1 Å². The summed E-state index contributed by atoms with van der Waals surface area (Å²) in [4.78, 5) is 2.92. The van der Waals surface area contributed by atoms with Gasteiger partial charge in [-0.15, -0.1) is 0 Å². The highest BCUT2D eigenvalue weighted by atomic mass is 35.5. The highest BCUT2D eigenvalue weighted by molar-refractivity contribution is 6.30. The van der Waals surface area contributed by atoms with E-state index in [9.17, 15) is 0 Å². The van der Waals surface area contributed by atoms with Crippen molar-refractivity contribution in [3.63, 3.8) is 0 Å². The van der Waals surface area contributed by atoms with Gasteiger partial charge in [-0.2, -0.15) is 0 Å². The first-order valence-corrected chi connectivity index (χ1v) is 9.77. The molecular weight excluding hydrogens is 417 g/mol. The largest absolute Gasteiger partial charge is 0.374 e. The zero-order valence-electron chi connectivity index (χ0n) is 15.8. The number of ether oxygens (including phenoxy) is 4. The second-order valence-corrected chi connectivity index (χ2v) is 7.39. The third kappa shape index (κ3) is 6.07. The lowest BCUT2D eigenvalue weighted by Gasteiger charge is -2.21. The van der Waals surface area contributed by atoms with E-state index in [1.165, 1.54) is 7.11 Å². The molecule has 0 unspecified atom stereocenters. The number of benzene rings is 2. The summed E-state index contributed by atoms with van der Waals surface area (Å²) in [5.74, 6) is 0. The molecule has 9 heteroatoms. The van der Waals surface area contributed by atoms with Crippen molar-refractivity contribution in [1.82, 2.24) is 0 Å². The Hall–Kier alpha value is -1.83. The highest BCUT2D eigenvalue weighted by Gasteiger charge is 2.45. The van der Waals surface area contributed by atoms with Crippen LogP contribution in [0, 0.1) is 0 Å². The summed E-state index contributed by atoms with van der Waals surface area (Å²) in [6.07, 6.45) is -1.67. The number of azide groups is 1. The van der Waals surface area contributed by atoms with Crippen LogP contribution in [0.2, 0.25) is 10.0 Å². The first kappa shape index (κ1) is 21.9. The van der Waals surface area contributed by atoms with Crippen LogP contribution in [0.15, 0.2) is 53.6 Å². The fraction of sp³-hybridized carbons (Fsp3) is 0.400. The summed E-state index contributed by atoms with van der Waals surface area (Å²) in [7, 11) is 1.50. The number of rotatable bonds is 9. The molecule has 0 aliphatic carbocycles. The Bertz CT molecular complexity index is 829. The van der Waals surface area contributed by atoms with Gasteiger partial charge in [0.2, 0.25) is 0 Å². The zero-order chi connectivity index (χ0) is 20.6. The lowest BCUT2D eigenvalue weighted by Crippen LogP contribution is -2.36. The minimum absolute atomic E-state index is 0.255. The van der Waals surface area contributed by atoms with Gasteiger partial charge in [-0.1, -0.05) is 52.6 Å². The van der Waals surface area contributed by atoms with Gasteiger partial charge in [0.15, 0.2) is 6.29 Å². The van der Waals surface area contributed by atoms with Gasteiger partial charge in [0.25, 0.3) is 0 Å². The normalized spacial score (nSPS) is 23.7. The Kier molecular flexibility index (Phi) is 8.15. The van der Waals surface area contributed by atoms with Crippen molar-refractivity contribution in [2.45, 2.75) is 37.8 Å². The van der Waals surface area contributed by atoms with Gasteiger partial charge in [0.05, 0.1) is 25.9 Å². The molecule has 0 N–H and O–H groups in total. The molecule has 0 aromatic heterocycles. The quantitative estimate of drug-likeness (QED) is 0.308. The van der Waals surface area contributed by atoms with Gasteiger partial charge in [0.1, 0.15) is 12.1 Å². The topological polar surface area (TPSA) is 85.7 Å². The molecule has 7 nitrogen and oxygen atoms in total. The van der Waals surface area contributed by atoms with Crippen molar-refractivity contribution in [2.24, 2.45) is 5.11 Å². The fourth-order valence-electron chi connectivity index (χ4n) is 3.07. The number of hydrogen-bond donors (Lipinski definition) is 0. The maximum atomic E-state index is 8.94. The Morgan fingerprint density at radius 1 is 1.00 bits per heavy atom. The Morgan fingerprint density at radius 2 is 1.59 bits per heavy atom. The number of methoxy groups -OCH3 is 1. The molecule has 0 amide bonds. The highest BCUT2D eigenvalue weighted by Crippen LogP contribution is 2.29. The number of nitrogens with zero attached hydrogens (tertiary/aromatic N) is 3. The molecule has 2 aromatic carbocycles. The minimum atomic E-state index is -0.703. The van der Waals surface area contributed by atoms with E-state index in [1.807, 2.05) is 36.4 Å². The molecule has 2 aromatic rings. The Balaban J connectivity index is 1.64. The average molecular weight is 438 g/mol. The van der Waals surface area contributed by atoms with Crippen molar-refractivity contribution in [1.29, 1.82) is 0 Å². The fourth-order valence-corrected chi connectivity index (χ4v) is 3.32. The SMILES string of the molecule is CO[C@@H]1O[C@@H](COCc2ccc(Cl)cc2)[C@@H](OCc2ccc(Cl)cc2)[C@H]1N=[N+]=[N-]. The summed E-state index contributed by atoms with van der Waals surface area (Å²) >= 11 is 11.8. The van der Waals surface area contributed by atoms with E-state index in [1.54, 1.807) is 12.1 Å². The Labute approximate surface area is 179 Å². The van der Waals surface area contributed by atoms with Crippen LogP contribution in [-0.2, 0) is 32.2 Å². The van der Waals surface area contributed by atoms with Gasteiger partial charge >= 0.3 is 0 Å². The lowest BCUT2D eigenvalue weighted by atomic mass is 10.1. The maximum absolute atomic E-state index is 8.94. The molecule has 1 fully saturated rings. The Morgan fingerprint density at radius 3 is 2.14 bits per heavy atom. The third-order valence-corrected chi connectivity index (χ3v) is 5.03. The first-order chi connectivity index (χ1) is 14.1. The first-order valence-electron chi connectivity index (χ1n) is 9.01. The summed E-state index contributed by atoms with van der Waals surface area (Å²) in [6, 6.07) is 14.1. The maximum Gasteiger partial charge on any atom is 0.168 e. The van der Waals surface area contributed by atoms with Gasteiger partial charge in [-0.3, -0.25) is 0 Å². The third-order valence-electron chi connectivity index (χ3n) is 4.53. The lowest BCUT2D eigenvalue weighted by molar-refractivity contribution is -0.139. The predicted octanol–water partition coefficient (Wildman–Crippen LogP) is 5.15. The molecule has 4 atom stereocenters. The molecule has 1 aliphatic heterocycles. The molecule has 0 bridgehead atoms. The van der Waals surface area contributed by atoms with Gasteiger partial charge in [-0.25, -0.2) is 0 Å². The summed E-state index contributed by atoms with van der Waals surface area (Å²) in [6.45, 7) is 0.961. The number of hydrogen-bond acceptors (Lipinski definition) is 5. The second kappa shape index (κ2) is 10.8. The van der Waals surface area contributed by atoms with Crippen molar-refractivity contribution < 1.29 is 18.9 Å². The minimum Gasteiger partial charge on any atom is -0.374 e. The van der Waals surface area contributed by atoms with Crippen molar-refractivity contribution in [3.8, 4) is 0 Å².